The van der Waals surface area contributed by atoms with E-state index in [1.165, 1.54) is 0 Å². The molecule has 0 saturated heterocycles. The van der Waals surface area contributed by atoms with Crippen LogP contribution in [0, 0.1) is 17.2 Å². The number of ether oxygens (including phenoxy) is 1. The molecule has 0 aliphatic heterocycles. The number of carbonyl (C=O) groups is 1. The van der Waals surface area contributed by atoms with Crippen LogP contribution in [0.25, 0.3) is 22.3 Å². The van der Waals surface area contributed by atoms with Crippen molar-refractivity contribution in [2.75, 3.05) is 7.11 Å². The molecule has 0 atom stereocenters. The van der Waals surface area contributed by atoms with Gasteiger partial charge in [0.05, 0.1) is 38.6 Å². The summed E-state index contributed by atoms with van der Waals surface area (Å²) in [6.07, 6.45) is 0. The Labute approximate surface area is 196 Å². The number of hydrogen-bond acceptors (Lipinski definition) is 8. The SMILES string of the molecule is COc1ccc(-c2cc(=Nc3cccc(C(=O)O)c3)c3cc(C)ccc3o2)cc1.[O-][Cl+3]([O-])([O-])O. The van der Waals surface area contributed by atoms with Gasteiger partial charge < -0.3 is 14.3 Å². The van der Waals surface area contributed by atoms with Gasteiger partial charge in [0.2, 0.25) is 0 Å². The largest absolute Gasteiger partial charge is 0.497 e. The molecular formula is C24H20ClNO8. The number of aromatic carboxylic acids is 1. The maximum absolute atomic E-state index is 11.3. The maximum atomic E-state index is 11.3. The molecule has 0 radical (unpaired) electrons. The molecule has 0 aliphatic rings. The maximum Gasteiger partial charge on any atom is 0.335 e. The summed E-state index contributed by atoms with van der Waals surface area (Å²) in [7, 11) is -3.07. The third-order valence-corrected chi connectivity index (χ3v) is 4.62. The first-order valence-corrected chi connectivity index (χ1v) is 11.0. The number of hydrogen-bond donors (Lipinski definition) is 2. The van der Waals surface area contributed by atoms with E-state index >= 15 is 0 Å². The monoisotopic (exact) mass is 485 g/mol. The van der Waals surface area contributed by atoms with Crippen molar-refractivity contribution in [2.45, 2.75) is 6.92 Å². The van der Waals surface area contributed by atoms with Gasteiger partial charge in [0, 0.05) is 17.0 Å². The Balaban J connectivity index is 0.000000588. The molecule has 1 heterocycles. The van der Waals surface area contributed by atoms with Gasteiger partial charge in [-0.1, -0.05) is 17.7 Å². The van der Waals surface area contributed by atoms with Crippen LogP contribution in [0.2, 0.25) is 0 Å². The van der Waals surface area contributed by atoms with E-state index in [0.717, 1.165) is 22.3 Å². The highest BCUT2D eigenvalue weighted by atomic mass is 35.7. The summed E-state index contributed by atoms with van der Waals surface area (Å²) in [6, 6.07) is 22.0. The lowest BCUT2D eigenvalue weighted by Gasteiger charge is -2.07. The molecule has 4 aromatic rings. The highest BCUT2D eigenvalue weighted by Gasteiger charge is 2.08. The van der Waals surface area contributed by atoms with Gasteiger partial charge in [-0.25, -0.2) is 9.79 Å². The second-order valence-corrected chi connectivity index (χ2v) is 7.88. The van der Waals surface area contributed by atoms with Crippen LogP contribution in [0.1, 0.15) is 15.9 Å². The molecule has 0 bridgehead atoms. The zero-order valence-electron chi connectivity index (χ0n) is 18.1. The van der Waals surface area contributed by atoms with Gasteiger partial charge in [0.1, 0.15) is 17.1 Å². The van der Waals surface area contributed by atoms with Crippen LogP contribution in [0.5, 0.6) is 5.75 Å². The predicted molar refractivity (Wildman–Crippen MR) is 114 cm³/mol. The van der Waals surface area contributed by atoms with Crippen molar-refractivity contribution in [3.05, 3.63) is 89.3 Å². The average Bonchev–Trinajstić information content (AvgIpc) is 2.78. The zero-order chi connectivity index (χ0) is 24.9. The smallest absolute Gasteiger partial charge is 0.335 e. The Morgan fingerprint density at radius 3 is 2.29 bits per heavy atom. The van der Waals surface area contributed by atoms with Gasteiger partial charge >= 0.3 is 5.97 Å². The standard InChI is InChI=1S/C24H19NO4.ClHO4/c1-15-6-11-22-20(12-15)21(25-18-5-3-4-17(13-18)24(26)27)14-23(29-22)16-7-9-19(28-2)10-8-16;2-1(3,4)5/h3-14H,1-2H3,(H,26,27);(H,2,3,4,5). The molecule has 9 nitrogen and oxygen atoms in total. The van der Waals surface area contributed by atoms with Gasteiger partial charge in [-0.3, -0.25) is 0 Å². The van der Waals surface area contributed by atoms with E-state index in [0.29, 0.717) is 22.4 Å². The summed E-state index contributed by atoms with van der Waals surface area (Å²) in [4.78, 5) is 16.0. The fraction of sp³-hybridized carbons (Fsp3) is 0.0833. The molecule has 3 aromatic carbocycles. The third kappa shape index (κ3) is 6.88. The number of aryl methyl sites for hydroxylation is 1. The summed E-state index contributed by atoms with van der Waals surface area (Å²) in [5.41, 5.74) is 3.45. The molecule has 0 saturated carbocycles. The Bertz CT molecular complexity index is 1370. The number of nitrogens with zero attached hydrogens (tertiary/aromatic N) is 1. The summed E-state index contributed by atoms with van der Waals surface area (Å²) in [5, 5.41) is 10.8. The van der Waals surface area contributed by atoms with Gasteiger partial charge in [-0.05, 0) is 61.5 Å². The van der Waals surface area contributed by atoms with E-state index in [4.69, 9.17) is 32.8 Å². The number of fused-ring (bicyclic) bond motifs is 1. The number of methoxy groups -OCH3 is 1. The first kappa shape index (κ1) is 24.9. The Hall–Kier alpha value is -3.73. The summed E-state index contributed by atoms with van der Waals surface area (Å²) < 4.78 is 44.1. The quantitative estimate of drug-likeness (QED) is 0.436. The lowest BCUT2D eigenvalue weighted by Crippen LogP contribution is -2.58. The van der Waals surface area contributed by atoms with Crippen molar-refractivity contribution in [3.63, 3.8) is 0 Å². The lowest BCUT2D eigenvalue weighted by molar-refractivity contribution is -1.92. The van der Waals surface area contributed by atoms with Gasteiger partial charge in [-0.2, -0.15) is 14.0 Å². The Kier molecular flexibility index (Phi) is 7.67. The first-order valence-electron chi connectivity index (χ1n) is 9.74. The van der Waals surface area contributed by atoms with Crippen molar-refractivity contribution in [1.29, 1.82) is 0 Å². The molecule has 0 unspecified atom stereocenters. The van der Waals surface area contributed by atoms with E-state index in [1.807, 2.05) is 55.5 Å². The van der Waals surface area contributed by atoms with Gasteiger partial charge in [-0.15, -0.1) is 0 Å². The highest BCUT2D eigenvalue weighted by Crippen LogP contribution is 2.25. The van der Waals surface area contributed by atoms with Crippen molar-refractivity contribution in [3.8, 4) is 17.1 Å². The van der Waals surface area contributed by atoms with E-state index in [2.05, 4.69) is 0 Å². The summed E-state index contributed by atoms with van der Waals surface area (Å²) in [6.45, 7) is 2.01. The lowest BCUT2D eigenvalue weighted by atomic mass is 10.1. The number of rotatable bonds is 4. The van der Waals surface area contributed by atoms with E-state index in [9.17, 15) is 9.90 Å². The molecule has 34 heavy (non-hydrogen) atoms. The molecule has 1 aromatic heterocycles. The molecule has 10 heteroatoms. The van der Waals surface area contributed by atoms with Crippen LogP contribution < -0.4 is 24.1 Å². The average molecular weight is 486 g/mol. The number of halogens is 1. The zero-order valence-corrected chi connectivity index (χ0v) is 18.9. The third-order valence-electron chi connectivity index (χ3n) is 4.62. The Morgan fingerprint density at radius 2 is 1.68 bits per heavy atom. The predicted octanol–water partition coefficient (Wildman–Crippen LogP) is 1.22. The van der Waals surface area contributed by atoms with Crippen LogP contribution in [-0.2, 0) is 0 Å². The topological polar surface area (TPSA) is 161 Å². The van der Waals surface area contributed by atoms with Gasteiger partial charge in [0.15, 0.2) is 0 Å². The molecule has 4 rings (SSSR count). The molecule has 0 aliphatic carbocycles. The van der Waals surface area contributed by atoms with E-state index in [-0.39, 0.29) is 5.56 Å². The number of carboxylic acid groups (broad SMARTS) is 1. The fourth-order valence-corrected chi connectivity index (χ4v) is 3.12. The van der Waals surface area contributed by atoms with Crippen molar-refractivity contribution in [2.24, 2.45) is 4.99 Å². The second-order valence-electron chi connectivity index (χ2n) is 7.09. The first-order chi connectivity index (χ1) is 16.0. The second kappa shape index (κ2) is 10.5. The van der Waals surface area contributed by atoms with Crippen LogP contribution in [0.15, 0.2) is 82.2 Å². The van der Waals surface area contributed by atoms with Crippen LogP contribution >= 0.6 is 0 Å². The van der Waals surface area contributed by atoms with Crippen molar-refractivity contribution in [1.82, 2.24) is 0 Å². The fourth-order valence-electron chi connectivity index (χ4n) is 3.12. The highest BCUT2D eigenvalue weighted by molar-refractivity contribution is 5.88. The van der Waals surface area contributed by atoms with Crippen LogP contribution in [0.4, 0.5) is 5.69 Å². The van der Waals surface area contributed by atoms with Gasteiger partial charge in [0.25, 0.3) is 0 Å². The van der Waals surface area contributed by atoms with E-state index < -0.39 is 16.2 Å². The minimum atomic E-state index is -4.69. The number of benzene rings is 3. The van der Waals surface area contributed by atoms with Crippen molar-refractivity contribution < 1.29 is 47.9 Å². The summed E-state index contributed by atoms with van der Waals surface area (Å²) in [5.74, 6) is 0.447. The normalized spacial score (nSPS) is 11.6. The molecular weight excluding hydrogens is 466 g/mol. The van der Waals surface area contributed by atoms with Crippen LogP contribution in [0.3, 0.4) is 0 Å². The van der Waals surface area contributed by atoms with Crippen LogP contribution in [-0.4, -0.2) is 22.8 Å². The molecule has 176 valence electrons. The minimum absolute atomic E-state index is 0.197. The van der Waals surface area contributed by atoms with E-state index in [1.54, 1.807) is 31.4 Å². The Morgan fingerprint density at radius 1 is 1.00 bits per heavy atom. The molecule has 0 amide bonds. The minimum Gasteiger partial charge on any atom is -0.497 e. The summed E-state index contributed by atoms with van der Waals surface area (Å²) >= 11 is 0. The molecule has 0 spiro atoms. The van der Waals surface area contributed by atoms with Crippen molar-refractivity contribution >= 4 is 22.6 Å². The molecule has 2 N–H and O–H groups in total. The number of carboxylic acids is 1. The molecule has 0 fully saturated rings.